The molecule has 0 aromatic carbocycles. The monoisotopic (exact) mass is 318 g/mol. The molecule has 23 heavy (non-hydrogen) atoms. The number of imidazole rings is 1. The molecule has 0 spiro atoms. The normalized spacial score (nSPS) is 26.3. The predicted octanol–water partition coefficient (Wildman–Crippen LogP) is 1.70. The van der Waals surface area contributed by atoms with E-state index in [1.54, 1.807) is 12.5 Å². The molecule has 6 nitrogen and oxygen atoms in total. The maximum atomic E-state index is 12.5. The van der Waals surface area contributed by atoms with Crippen LogP contribution in [0.1, 0.15) is 51.1 Å². The summed E-state index contributed by atoms with van der Waals surface area (Å²) in [5.74, 6) is 0.809. The third-order valence-corrected chi connectivity index (χ3v) is 4.70. The van der Waals surface area contributed by atoms with E-state index in [9.17, 15) is 9.59 Å². The molecule has 1 N–H and O–H groups in total. The standard InChI is InChI=1S/C17H26N4O2/c1-10(2)21-8-13(18-9-21)16(23)20-6-11-12(7-20)14(11)15(22)19-17(3,4)5/h8-12,14H,6-7H2,1-5H3,(H,19,22)/t11-,12+,14?. The van der Waals surface area contributed by atoms with E-state index in [1.165, 1.54) is 0 Å². The zero-order chi connectivity index (χ0) is 16.9. The Morgan fingerprint density at radius 2 is 1.87 bits per heavy atom. The van der Waals surface area contributed by atoms with Crippen LogP contribution in [0.2, 0.25) is 0 Å². The van der Waals surface area contributed by atoms with Crippen molar-refractivity contribution in [3.63, 3.8) is 0 Å². The molecule has 2 amide bonds. The summed E-state index contributed by atoms with van der Waals surface area (Å²) in [5, 5.41) is 3.04. The number of fused-ring (bicyclic) bond motifs is 1. The SMILES string of the molecule is CC(C)n1cnc(C(=O)N2C[C@@H]3C(C(=O)NC(C)(C)C)[C@@H]3C2)c1. The Morgan fingerprint density at radius 1 is 1.26 bits per heavy atom. The van der Waals surface area contributed by atoms with E-state index in [-0.39, 0.29) is 23.3 Å². The second kappa shape index (κ2) is 5.35. The van der Waals surface area contributed by atoms with Crippen molar-refractivity contribution in [2.75, 3.05) is 13.1 Å². The van der Waals surface area contributed by atoms with Gasteiger partial charge in [-0.25, -0.2) is 4.98 Å². The first kappa shape index (κ1) is 16.0. The first-order chi connectivity index (χ1) is 10.7. The number of likely N-dealkylation sites (tertiary alicyclic amines) is 1. The van der Waals surface area contributed by atoms with Crippen molar-refractivity contribution in [3.8, 4) is 0 Å². The highest BCUT2D eigenvalue weighted by atomic mass is 16.2. The van der Waals surface area contributed by atoms with Gasteiger partial charge in [0.2, 0.25) is 5.91 Å². The van der Waals surface area contributed by atoms with Gasteiger partial charge in [-0.15, -0.1) is 0 Å². The Bertz CT molecular complexity index is 617. The van der Waals surface area contributed by atoms with E-state index >= 15 is 0 Å². The fraction of sp³-hybridized carbons (Fsp3) is 0.706. The summed E-state index contributed by atoms with van der Waals surface area (Å²) in [6.07, 6.45) is 3.51. The fourth-order valence-corrected chi connectivity index (χ4v) is 3.43. The largest absolute Gasteiger partial charge is 0.351 e. The molecule has 0 radical (unpaired) electrons. The average Bonchev–Trinajstić information content (AvgIpc) is 2.83. The Balaban J connectivity index is 1.57. The molecule has 1 saturated heterocycles. The minimum Gasteiger partial charge on any atom is -0.351 e. The second-order valence-electron chi connectivity index (χ2n) is 8.10. The highest BCUT2D eigenvalue weighted by molar-refractivity contribution is 5.93. The molecular weight excluding hydrogens is 292 g/mol. The minimum atomic E-state index is -0.201. The summed E-state index contributed by atoms with van der Waals surface area (Å²) in [6, 6.07) is 0.293. The van der Waals surface area contributed by atoms with Gasteiger partial charge in [0.05, 0.1) is 6.33 Å². The molecule has 3 rings (SSSR count). The summed E-state index contributed by atoms with van der Waals surface area (Å²) in [4.78, 5) is 30.8. The molecular formula is C17H26N4O2. The molecule has 1 aliphatic carbocycles. The summed E-state index contributed by atoms with van der Waals surface area (Å²) in [5.41, 5.74) is 0.295. The second-order valence-corrected chi connectivity index (χ2v) is 8.10. The van der Waals surface area contributed by atoms with Gasteiger partial charge in [-0.2, -0.15) is 0 Å². The number of amides is 2. The number of nitrogens with zero attached hydrogens (tertiary/aromatic N) is 3. The van der Waals surface area contributed by atoms with Crippen LogP contribution in [-0.2, 0) is 4.79 Å². The van der Waals surface area contributed by atoms with Gasteiger partial charge in [-0.05, 0) is 46.5 Å². The van der Waals surface area contributed by atoms with Crippen LogP contribution in [0.15, 0.2) is 12.5 Å². The van der Waals surface area contributed by atoms with Gasteiger partial charge in [0, 0.05) is 36.8 Å². The lowest BCUT2D eigenvalue weighted by atomic mass is 10.1. The zero-order valence-corrected chi connectivity index (χ0v) is 14.5. The van der Waals surface area contributed by atoms with Gasteiger partial charge >= 0.3 is 0 Å². The van der Waals surface area contributed by atoms with Gasteiger partial charge in [-0.1, -0.05) is 0 Å². The topological polar surface area (TPSA) is 67.2 Å². The van der Waals surface area contributed by atoms with E-state index < -0.39 is 0 Å². The van der Waals surface area contributed by atoms with Crippen LogP contribution in [0.4, 0.5) is 0 Å². The minimum absolute atomic E-state index is 0.0217. The predicted molar refractivity (Wildman–Crippen MR) is 86.9 cm³/mol. The van der Waals surface area contributed by atoms with Crippen LogP contribution in [0.3, 0.4) is 0 Å². The van der Waals surface area contributed by atoms with E-state index in [0.717, 1.165) is 0 Å². The fourth-order valence-electron chi connectivity index (χ4n) is 3.43. The van der Waals surface area contributed by atoms with Crippen molar-refractivity contribution in [3.05, 3.63) is 18.2 Å². The lowest BCUT2D eigenvalue weighted by molar-refractivity contribution is -0.124. The van der Waals surface area contributed by atoms with Gasteiger partial charge in [-0.3, -0.25) is 9.59 Å². The van der Waals surface area contributed by atoms with Crippen LogP contribution in [-0.4, -0.2) is 44.9 Å². The molecule has 2 fully saturated rings. The smallest absolute Gasteiger partial charge is 0.274 e. The van der Waals surface area contributed by atoms with Crippen molar-refractivity contribution in [1.82, 2.24) is 19.8 Å². The molecule has 2 heterocycles. The number of aromatic nitrogens is 2. The molecule has 1 aliphatic heterocycles. The van der Waals surface area contributed by atoms with E-state index in [1.807, 2.05) is 30.2 Å². The van der Waals surface area contributed by atoms with Crippen LogP contribution < -0.4 is 5.32 Å². The van der Waals surface area contributed by atoms with Crippen molar-refractivity contribution >= 4 is 11.8 Å². The van der Waals surface area contributed by atoms with E-state index in [0.29, 0.717) is 36.7 Å². The number of carbonyl (C=O) groups is 2. The van der Waals surface area contributed by atoms with E-state index in [2.05, 4.69) is 24.1 Å². The molecule has 2 aliphatic rings. The first-order valence-electron chi connectivity index (χ1n) is 8.32. The van der Waals surface area contributed by atoms with Crippen LogP contribution in [0.25, 0.3) is 0 Å². The summed E-state index contributed by atoms with van der Waals surface area (Å²) in [6.45, 7) is 11.4. The molecule has 1 unspecified atom stereocenters. The number of hydrogen-bond acceptors (Lipinski definition) is 3. The molecule has 0 bridgehead atoms. The summed E-state index contributed by atoms with van der Waals surface area (Å²) >= 11 is 0. The van der Waals surface area contributed by atoms with Crippen molar-refractivity contribution in [1.29, 1.82) is 0 Å². The Labute approximate surface area is 137 Å². The third kappa shape index (κ3) is 3.12. The van der Waals surface area contributed by atoms with Gasteiger partial charge in [0.1, 0.15) is 5.69 Å². The number of hydrogen-bond donors (Lipinski definition) is 1. The van der Waals surface area contributed by atoms with Crippen LogP contribution in [0.5, 0.6) is 0 Å². The number of piperidine rings is 1. The molecule has 1 saturated carbocycles. The van der Waals surface area contributed by atoms with Crippen LogP contribution >= 0.6 is 0 Å². The van der Waals surface area contributed by atoms with Crippen LogP contribution in [0, 0.1) is 17.8 Å². The molecule has 6 heteroatoms. The maximum Gasteiger partial charge on any atom is 0.274 e. The highest BCUT2D eigenvalue weighted by Crippen LogP contribution is 2.52. The van der Waals surface area contributed by atoms with Gasteiger partial charge < -0.3 is 14.8 Å². The number of nitrogens with one attached hydrogen (secondary N) is 1. The Kier molecular flexibility index (Phi) is 3.73. The quantitative estimate of drug-likeness (QED) is 0.922. The lowest BCUT2D eigenvalue weighted by Gasteiger charge is -2.23. The Morgan fingerprint density at radius 3 is 2.35 bits per heavy atom. The van der Waals surface area contributed by atoms with Gasteiger partial charge in [0.15, 0.2) is 0 Å². The highest BCUT2D eigenvalue weighted by Gasteiger charge is 2.60. The molecule has 1 aromatic rings. The number of carbonyl (C=O) groups excluding carboxylic acids is 2. The number of rotatable bonds is 3. The molecule has 3 atom stereocenters. The molecule has 1 aromatic heterocycles. The van der Waals surface area contributed by atoms with Crippen molar-refractivity contribution < 1.29 is 9.59 Å². The maximum absolute atomic E-state index is 12.5. The summed E-state index contributed by atoms with van der Waals surface area (Å²) < 4.78 is 1.93. The lowest BCUT2D eigenvalue weighted by Crippen LogP contribution is -2.43. The zero-order valence-electron chi connectivity index (χ0n) is 14.5. The van der Waals surface area contributed by atoms with Crippen molar-refractivity contribution in [2.45, 2.75) is 46.2 Å². The Hall–Kier alpha value is -1.85. The third-order valence-electron chi connectivity index (χ3n) is 4.70. The molecule has 126 valence electrons. The average molecular weight is 318 g/mol. The van der Waals surface area contributed by atoms with E-state index in [4.69, 9.17) is 0 Å². The summed E-state index contributed by atoms with van der Waals surface area (Å²) in [7, 11) is 0. The first-order valence-corrected chi connectivity index (χ1v) is 8.32. The van der Waals surface area contributed by atoms with Gasteiger partial charge in [0.25, 0.3) is 5.91 Å². The van der Waals surface area contributed by atoms with Crippen molar-refractivity contribution in [2.24, 2.45) is 17.8 Å².